The van der Waals surface area contributed by atoms with Crippen molar-refractivity contribution in [1.29, 1.82) is 0 Å². The number of benzene rings is 1. The van der Waals surface area contributed by atoms with Crippen LogP contribution in [0.15, 0.2) is 24.3 Å². The maximum atomic E-state index is 12.0. The summed E-state index contributed by atoms with van der Waals surface area (Å²) in [7, 11) is 0. The first-order valence-electron chi connectivity index (χ1n) is 7.43. The monoisotopic (exact) mass is 333 g/mol. The number of ether oxygens (including phenoxy) is 2. The summed E-state index contributed by atoms with van der Waals surface area (Å²) in [5.41, 5.74) is 0.390. The third-order valence-electron chi connectivity index (χ3n) is 3.48. The van der Waals surface area contributed by atoms with Crippen LogP contribution in [0.5, 0.6) is 5.75 Å². The number of alkyl halides is 3. The van der Waals surface area contributed by atoms with Gasteiger partial charge in [-0.3, -0.25) is 4.79 Å². The molecule has 128 valence electrons. The van der Waals surface area contributed by atoms with Gasteiger partial charge in [0.05, 0.1) is 26.3 Å². The number of halogens is 3. The Hall–Kier alpha value is -1.80. The minimum absolute atomic E-state index is 0.0802. The van der Waals surface area contributed by atoms with Crippen molar-refractivity contribution >= 4 is 5.91 Å². The van der Waals surface area contributed by atoms with Crippen molar-refractivity contribution in [3.8, 4) is 5.75 Å². The number of nitrogens with one attached hydrogen (secondary N) is 2. The number of hydrogen-bond acceptors (Lipinski definition) is 3. The Balaban J connectivity index is 1.73. The molecule has 0 radical (unpaired) electrons. The van der Waals surface area contributed by atoms with E-state index in [2.05, 4.69) is 10.1 Å². The van der Waals surface area contributed by atoms with Gasteiger partial charge in [-0.25, -0.2) is 0 Å². The zero-order valence-corrected chi connectivity index (χ0v) is 12.6. The molecule has 1 aliphatic heterocycles. The quantitative estimate of drug-likeness (QED) is 0.786. The van der Waals surface area contributed by atoms with Crippen LogP contribution in [0.25, 0.3) is 0 Å². The van der Waals surface area contributed by atoms with E-state index < -0.39 is 12.8 Å². The first-order valence-corrected chi connectivity index (χ1v) is 7.43. The van der Waals surface area contributed by atoms with E-state index in [1.54, 1.807) is 0 Å². The van der Waals surface area contributed by atoms with Crippen LogP contribution in [0.2, 0.25) is 0 Å². The summed E-state index contributed by atoms with van der Waals surface area (Å²) in [5.74, 6) is -0.170. The largest absolute Gasteiger partial charge is 0.484 e. The molecule has 2 rings (SSSR count). The van der Waals surface area contributed by atoms with E-state index in [4.69, 9.17) is 4.74 Å². The van der Waals surface area contributed by atoms with Gasteiger partial charge in [0, 0.05) is 5.56 Å². The third kappa shape index (κ3) is 6.45. The first-order chi connectivity index (χ1) is 10.9. The summed E-state index contributed by atoms with van der Waals surface area (Å²) in [5, 5.41) is 2.80. The fourth-order valence-corrected chi connectivity index (χ4v) is 2.23. The first kappa shape index (κ1) is 17.6. The highest BCUT2D eigenvalue weighted by Gasteiger charge is 2.28. The molecule has 0 aromatic heterocycles. The lowest BCUT2D eigenvalue weighted by atomic mass is 10.2. The standard InChI is InChI=1S/C15H19F3N2O3/c16-15(17,18)11-23-13-3-1-12(2-4-13)14(21)19-5-6-20-7-9-22-10-8-20/h1-4H,5-11H2,(H,19,21)/p+1. The van der Waals surface area contributed by atoms with Gasteiger partial charge >= 0.3 is 6.18 Å². The minimum atomic E-state index is -4.38. The maximum absolute atomic E-state index is 12.0. The van der Waals surface area contributed by atoms with E-state index in [0.29, 0.717) is 12.1 Å². The van der Waals surface area contributed by atoms with Crippen molar-refractivity contribution in [2.45, 2.75) is 6.18 Å². The van der Waals surface area contributed by atoms with Gasteiger partial charge in [-0.1, -0.05) is 0 Å². The van der Waals surface area contributed by atoms with Crippen molar-refractivity contribution < 1.29 is 32.3 Å². The van der Waals surface area contributed by atoms with E-state index in [1.165, 1.54) is 29.2 Å². The highest BCUT2D eigenvalue weighted by molar-refractivity contribution is 5.94. The van der Waals surface area contributed by atoms with Gasteiger partial charge in [0.1, 0.15) is 18.8 Å². The van der Waals surface area contributed by atoms with Crippen LogP contribution in [-0.4, -0.2) is 58.1 Å². The highest BCUT2D eigenvalue weighted by atomic mass is 19.4. The fraction of sp³-hybridized carbons (Fsp3) is 0.533. The van der Waals surface area contributed by atoms with Gasteiger partial charge < -0.3 is 19.7 Å². The molecule has 0 spiro atoms. The van der Waals surface area contributed by atoms with Crippen LogP contribution in [0, 0.1) is 0 Å². The average Bonchev–Trinajstić information content (AvgIpc) is 2.54. The molecule has 1 aromatic carbocycles. The number of rotatable bonds is 6. The lowest BCUT2D eigenvalue weighted by molar-refractivity contribution is -0.906. The topological polar surface area (TPSA) is 52.0 Å². The van der Waals surface area contributed by atoms with Crippen molar-refractivity contribution in [2.24, 2.45) is 0 Å². The van der Waals surface area contributed by atoms with Crippen molar-refractivity contribution in [3.63, 3.8) is 0 Å². The van der Waals surface area contributed by atoms with Crippen LogP contribution in [0.1, 0.15) is 10.4 Å². The molecule has 1 aliphatic rings. The van der Waals surface area contributed by atoms with Crippen molar-refractivity contribution in [2.75, 3.05) is 46.0 Å². The molecule has 1 saturated heterocycles. The molecule has 0 unspecified atom stereocenters. The molecule has 0 atom stereocenters. The molecular formula is C15H20F3N2O3+. The molecule has 0 aliphatic carbocycles. The van der Waals surface area contributed by atoms with Gasteiger partial charge in [-0.2, -0.15) is 13.2 Å². The minimum Gasteiger partial charge on any atom is -0.484 e. The van der Waals surface area contributed by atoms with Crippen LogP contribution >= 0.6 is 0 Å². The Morgan fingerprint density at radius 3 is 2.48 bits per heavy atom. The highest BCUT2D eigenvalue weighted by Crippen LogP contribution is 2.18. The van der Waals surface area contributed by atoms with E-state index in [1.807, 2.05) is 0 Å². The average molecular weight is 333 g/mol. The van der Waals surface area contributed by atoms with Gasteiger partial charge in [0.25, 0.3) is 5.91 Å². The molecule has 1 heterocycles. The zero-order valence-electron chi connectivity index (χ0n) is 12.6. The van der Waals surface area contributed by atoms with Crippen LogP contribution < -0.4 is 15.0 Å². The van der Waals surface area contributed by atoms with E-state index in [9.17, 15) is 18.0 Å². The number of hydrogen-bond donors (Lipinski definition) is 2. The molecule has 1 aromatic rings. The molecule has 0 saturated carbocycles. The van der Waals surface area contributed by atoms with Gasteiger partial charge in [-0.05, 0) is 24.3 Å². The summed E-state index contributed by atoms with van der Waals surface area (Å²) < 4.78 is 46.0. The summed E-state index contributed by atoms with van der Waals surface area (Å²) >= 11 is 0. The predicted molar refractivity (Wildman–Crippen MR) is 76.7 cm³/mol. The second-order valence-electron chi connectivity index (χ2n) is 5.30. The number of quaternary nitrogens is 1. The number of carbonyl (C=O) groups is 1. The Kier molecular flexibility index (Phi) is 6.23. The van der Waals surface area contributed by atoms with Crippen molar-refractivity contribution in [3.05, 3.63) is 29.8 Å². The summed E-state index contributed by atoms with van der Waals surface area (Å²) in [6, 6.07) is 5.60. The Bertz CT molecular complexity index is 500. The summed E-state index contributed by atoms with van der Waals surface area (Å²) in [6.45, 7) is 3.36. The molecule has 1 fully saturated rings. The number of amides is 1. The number of morpholine rings is 1. The van der Waals surface area contributed by atoms with Crippen LogP contribution in [0.3, 0.4) is 0 Å². The molecule has 1 amide bonds. The third-order valence-corrected chi connectivity index (χ3v) is 3.48. The second kappa shape index (κ2) is 8.16. The summed E-state index contributed by atoms with van der Waals surface area (Å²) in [6.07, 6.45) is -4.38. The molecule has 0 bridgehead atoms. The van der Waals surface area contributed by atoms with E-state index in [-0.39, 0.29) is 11.7 Å². The van der Waals surface area contributed by atoms with Gasteiger partial charge in [0.2, 0.25) is 0 Å². The lowest BCUT2D eigenvalue weighted by Gasteiger charge is -2.23. The van der Waals surface area contributed by atoms with E-state index in [0.717, 1.165) is 32.8 Å². The molecule has 8 heteroatoms. The SMILES string of the molecule is O=C(NCC[NH+]1CCOCC1)c1ccc(OCC(F)(F)F)cc1. The van der Waals surface area contributed by atoms with Crippen molar-refractivity contribution in [1.82, 2.24) is 5.32 Å². The number of carbonyl (C=O) groups excluding carboxylic acids is 1. The second-order valence-corrected chi connectivity index (χ2v) is 5.30. The Morgan fingerprint density at radius 2 is 1.87 bits per heavy atom. The lowest BCUT2D eigenvalue weighted by Crippen LogP contribution is -3.14. The zero-order chi connectivity index (χ0) is 16.7. The fourth-order valence-electron chi connectivity index (χ4n) is 2.23. The molecule has 5 nitrogen and oxygen atoms in total. The summed E-state index contributed by atoms with van der Waals surface area (Å²) in [4.78, 5) is 13.3. The Morgan fingerprint density at radius 1 is 1.22 bits per heavy atom. The molecule has 23 heavy (non-hydrogen) atoms. The van der Waals surface area contributed by atoms with Crippen LogP contribution in [-0.2, 0) is 4.74 Å². The van der Waals surface area contributed by atoms with Gasteiger partial charge in [0.15, 0.2) is 6.61 Å². The van der Waals surface area contributed by atoms with E-state index >= 15 is 0 Å². The Labute approximate surface area is 132 Å². The molecule has 2 N–H and O–H groups in total. The molecular weight excluding hydrogens is 313 g/mol. The maximum Gasteiger partial charge on any atom is 0.422 e. The predicted octanol–water partition coefficient (Wildman–Crippen LogP) is 0.273. The normalized spacial score (nSPS) is 16.1. The van der Waals surface area contributed by atoms with Crippen LogP contribution in [0.4, 0.5) is 13.2 Å². The smallest absolute Gasteiger partial charge is 0.422 e. The van der Waals surface area contributed by atoms with Gasteiger partial charge in [-0.15, -0.1) is 0 Å².